The molecule has 176 valence electrons. The van der Waals surface area contributed by atoms with Gasteiger partial charge in [-0.25, -0.2) is 4.98 Å². The summed E-state index contributed by atoms with van der Waals surface area (Å²) in [6, 6.07) is 24.0. The minimum atomic E-state index is 0.322. The average Bonchev–Trinajstić information content (AvgIpc) is 2.88. The smallest absolute Gasteiger partial charge is 0.164 e. The number of hydrogen-bond acceptors (Lipinski definition) is 7. The molecule has 35 heavy (non-hydrogen) atoms. The van der Waals surface area contributed by atoms with Crippen LogP contribution in [0.4, 0.5) is 5.82 Å². The number of aromatic nitrogens is 1. The molecular formula is C28H26N4O3. The zero-order valence-corrected chi connectivity index (χ0v) is 19.9. The molecule has 4 aromatic rings. The highest BCUT2D eigenvalue weighted by Crippen LogP contribution is 2.29. The van der Waals surface area contributed by atoms with E-state index >= 15 is 0 Å². The summed E-state index contributed by atoms with van der Waals surface area (Å²) in [6.45, 7) is 2.60. The summed E-state index contributed by atoms with van der Waals surface area (Å²) < 4.78 is 16.8. The fourth-order valence-corrected chi connectivity index (χ4v) is 3.84. The summed E-state index contributed by atoms with van der Waals surface area (Å²) in [5.41, 5.74) is 6.71. The number of nitriles is 1. The van der Waals surface area contributed by atoms with Gasteiger partial charge in [-0.2, -0.15) is 10.4 Å². The standard InChI is InChI=1S/C28H26N4O3/c1-19-13-23(17-33-2)25(15-29)28(31-19)32-30-16-20-11-12-26(27(14-20)34-3)35-18-22-9-6-8-21-7-4-5-10-24(21)22/h4-14,16H,17-18H2,1-3H3,(H,31,32)/b30-16-. The Morgan fingerprint density at radius 3 is 2.60 bits per heavy atom. The van der Waals surface area contributed by atoms with Crippen molar-refractivity contribution < 1.29 is 14.2 Å². The number of anilines is 1. The fourth-order valence-electron chi connectivity index (χ4n) is 3.84. The van der Waals surface area contributed by atoms with Crippen molar-refractivity contribution in [2.24, 2.45) is 5.10 Å². The first-order chi connectivity index (χ1) is 17.1. The van der Waals surface area contributed by atoms with Gasteiger partial charge in [0.15, 0.2) is 17.3 Å². The van der Waals surface area contributed by atoms with Crippen molar-refractivity contribution in [3.05, 3.63) is 94.7 Å². The van der Waals surface area contributed by atoms with E-state index in [0.29, 0.717) is 36.1 Å². The third-order valence-electron chi connectivity index (χ3n) is 5.48. The Balaban J connectivity index is 1.48. The molecule has 0 saturated heterocycles. The highest BCUT2D eigenvalue weighted by molar-refractivity contribution is 5.85. The minimum absolute atomic E-state index is 0.322. The Bertz CT molecular complexity index is 1400. The second-order valence-corrected chi connectivity index (χ2v) is 7.90. The van der Waals surface area contributed by atoms with Crippen molar-refractivity contribution >= 4 is 22.8 Å². The first-order valence-corrected chi connectivity index (χ1v) is 11.1. The number of rotatable bonds is 9. The number of nitrogens with one attached hydrogen (secondary N) is 1. The molecule has 0 unspecified atom stereocenters. The van der Waals surface area contributed by atoms with Crippen LogP contribution in [0.3, 0.4) is 0 Å². The van der Waals surface area contributed by atoms with Gasteiger partial charge in [-0.15, -0.1) is 0 Å². The van der Waals surface area contributed by atoms with Crippen LogP contribution in [0.5, 0.6) is 11.5 Å². The molecule has 0 aliphatic rings. The molecule has 0 bridgehead atoms. The molecule has 0 saturated carbocycles. The van der Waals surface area contributed by atoms with E-state index in [-0.39, 0.29) is 0 Å². The molecule has 0 aliphatic carbocycles. The van der Waals surface area contributed by atoms with Crippen LogP contribution in [0.2, 0.25) is 0 Å². The predicted octanol–water partition coefficient (Wildman–Crippen LogP) is 5.59. The van der Waals surface area contributed by atoms with E-state index in [2.05, 4.69) is 45.8 Å². The number of nitrogens with zero attached hydrogens (tertiary/aromatic N) is 3. The summed E-state index contributed by atoms with van der Waals surface area (Å²) in [5, 5.41) is 16.2. The molecule has 0 fully saturated rings. The van der Waals surface area contributed by atoms with E-state index in [0.717, 1.165) is 22.4 Å². The molecule has 7 heteroatoms. The largest absolute Gasteiger partial charge is 0.493 e. The zero-order chi connectivity index (χ0) is 24.6. The Hall–Kier alpha value is -4.41. The van der Waals surface area contributed by atoms with Gasteiger partial charge in [0.1, 0.15) is 18.2 Å². The summed E-state index contributed by atoms with van der Waals surface area (Å²) in [7, 11) is 3.19. The summed E-state index contributed by atoms with van der Waals surface area (Å²) in [4.78, 5) is 4.39. The number of benzene rings is 3. The van der Waals surface area contributed by atoms with Gasteiger partial charge in [-0.1, -0.05) is 42.5 Å². The third-order valence-corrected chi connectivity index (χ3v) is 5.48. The molecular weight excluding hydrogens is 440 g/mol. The van der Waals surface area contributed by atoms with Gasteiger partial charge in [0.2, 0.25) is 0 Å². The van der Waals surface area contributed by atoms with Crippen LogP contribution in [0.25, 0.3) is 10.8 Å². The number of fused-ring (bicyclic) bond motifs is 1. The minimum Gasteiger partial charge on any atom is -0.493 e. The SMILES string of the molecule is COCc1cc(C)nc(N/N=C\c2ccc(OCc3cccc4ccccc34)c(OC)c2)c1C#N. The summed E-state index contributed by atoms with van der Waals surface area (Å²) >= 11 is 0. The van der Waals surface area contributed by atoms with Crippen molar-refractivity contribution in [1.29, 1.82) is 5.26 Å². The number of methoxy groups -OCH3 is 2. The van der Waals surface area contributed by atoms with Crippen LogP contribution in [0.1, 0.15) is 27.9 Å². The van der Waals surface area contributed by atoms with Crippen LogP contribution in [-0.4, -0.2) is 25.4 Å². The van der Waals surface area contributed by atoms with E-state index in [1.807, 2.05) is 49.4 Å². The van der Waals surface area contributed by atoms with E-state index in [4.69, 9.17) is 14.2 Å². The lowest BCUT2D eigenvalue weighted by Gasteiger charge is -2.13. The normalized spacial score (nSPS) is 10.9. The molecule has 0 radical (unpaired) electrons. The lowest BCUT2D eigenvalue weighted by atomic mass is 10.1. The second-order valence-electron chi connectivity index (χ2n) is 7.90. The fraction of sp³-hybridized carbons (Fsp3) is 0.179. The van der Waals surface area contributed by atoms with Gasteiger partial charge in [-0.3, -0.25) is 5.43 Å². The van der Waals surface area contributed by atoms with Gasteiger partial charge < -0.3 is 14.2 Å². The Labute approximate surface area is 204 Å². The van der Waals surface area contributed by atoms with Gasteiger partial charge in [0.05, 0.1) is 19.9 Å². The van der Waals surface area contributed by atoms with Crippen molar-refractivity contribution in [3.63, 3.8) is 0 Å². The van der Waals surface area contributed by atoms with E-state index in [1.165, 1.54) is 10.8 Å². The van der Waals surface area contributed by atoms with Crippen LogP contribution in [0, 0.1) is 18.3 Å². The molecule has 3 aromatic carbocycles. The first-order valence-electron chi connectivity index (χ1n) is 11.1. The van der Waals surface area contributed by atoms with Crippen LogP contribution < -0.4 is 14.9 Å². The number of pyridine rings is 1. The average molecular weight is 467 g/mol. The van der Waals surface area contributed by atoms with Gasteiger partial charge in [-0.05, 0) is 53.1 Å². The molecule has 1 heterocycles. The summed E-state index contributed by atoms with van der Waals surface area (Å²) in [6.07, 6.45) is 1.64. The van der Waals surface area contributed by atoms with Crippen molar-refractivity contribution in [3.8, 4) is 17.6 Å². The van der Waals surface area contributed by atoms with E-state index in [1.54, 1.807) is 20.4 Å². The molecule has 1 aromatic heterocycles. The molecule has 0 atom stereocenters. The second kappa shape index (κ2) is 11.1. The quantitative estimate of drug-likeness (QED) is 0.255. The zero-order valence-electron chi connectivity index (χ0n) is 19.9. The monoisotopic (exact) mass is 466 g/mol. The maximum Gasteiger partial charge on any atom is 0.164 e. The Morgan fingerprint density at radius 1 is 0.971 bits per heavy atom. The Morgan fingerprint density at radius 2 is 1.80 bits per heavy atom. The number of aryl methyl sites for hydroxylation is 1. The van der Waals surface area contributed by atoms with E-state index in [9.17, 15) is 5.26 Å². The Kier molecular flexibility index (Phi) is 7.56. The van der Waals surface area contributed by atoms with Gasteiger partial charge in [0, 0.05) is 18.4 Å². The molecule has 1 N–H and O–H groups in total. The molecule has 0 aliphatic heterocycles. The summed E-state index contributed by atoms with van der Waals surface area (Å²) in [5.74, 6) is 1.63. The van der Waals surface area contributed by atoms with Crippen molar-refractivity contribution in [2.45, 2.75) is 20.1 Å². The topological polar surface area (TPSA) is 88.8 Å². The highest BCUT2D eigenvalue weighted by Gasteiger charge is 2.11. The molecule has 0 spiro atoms. The van der Waals surface area contributed by atoms with Crippen molar-refractivity contribution in [2.75, 3.05) is 19.6 Å². The van der Waals surface area contributed by atoms with Crippen LogP contribution >= 0.6 is 0 Å². The van der Waals surface area contributed by atoms with Gasteiger partial charge in [0.25, 0.3) is 0 Å². The van der Waals surface area contributed by atoms with Crippen LogP contribution in [0.15, 0.2) is 71.8 Å². The molecule has 4 rings (SSSR count). The molecule has 7 nitrogen and oxygen atoms in total. The number of hydrazone groups is 1. The highest BCUT2D eigenvalue weighted by atomic mass is 16.5. The van der Waals surface area contributed by atoms with E-state index < -0.39 is 0 Å². The number of hydrogen-bond donors (Lipinski definition) is 1. The number of ether oxygens (including phenoxy) is 3. The van der Waals surface area contributed by atoms with Gasteiger partial charge >= 0.3 is 0 Å². The lowest BCUT2D eigenvalue weighted by Crippen LogP contribution is -2.03. The maximum absolute atomic E-state index is 9.56. The molecule has 0 amide bonds. The van der Waals surface area contributed by atoms with Crippen LogP contribution in [-0.2, 0) is 18.0 Å². The predicted molar refractivity (Wildman–Crippen MR) is 137 cm³/mol. The maximum atomic E-state index is 9.56. The third kappa shape index (κ3) is 5.57. The van der Waals surface area contributed by atoms with Crippen molar-refractivity contribution in [1.82, 2.24) is 4.98 Å². The lowest BCUT2D eigenvalue weighted by molar-refractivity contribution is 0.184. The first kappa shape index (κ1) is 23.7.